The maximum atomic E-state index is 11.2. The van der Waals surface area contributed by atoms with Gasteiger partial charge in [-0.1, -0.05) is 62.4 Å². The third kappa shape index (κ3) is 15.7. The summed E-state index contributed by atoms with van der Waals surface area (Å²) in [5, 5.41) is 1.58. The molecule has 0 fully saturated rings. The van der Waals surface area contributed by atoms with Crippen molar-refractivity contribution in [2.45, 2.75) is 13.8 Å². The van der Waals surface area contributed by atoms with Gasteiger partial charge in [-0.25, -0.2) is 38.4 Å². The monoisotopic (exact) mass is 836 g/mol. The van der Waals surface area contributed by atoms with Crippen LogP contribution in [0.4, 0.5) is 8.78 Å². The predicted molar refractivity (Wildman–Crippen MR) is 204 cm³/mol. The second-order valence-corrected chi connectivity index (χ2v) is 9.77. The minimum absolute atomic E-state index is 0. The number of rotatable bonds is 0. The van der Waals surface area contributed by atoms with Gasteiger partial charge in [-0.05, 0) is 48.5 Å². The number of aromatic amines is 3. The van der Waals surface area contributed by atoms with E-state index in [4.69, 9.17) is 2.74 Å². The Morgan fingerprint density at radius 2 is 0.741 bits per heavy atom. The van der Waals surface area contributed by atoms with Crippen LogP contribution < -0.4 is 134 Å². The molecule has 4 aromatic carbocycles. The zero-order valence-electron chi connectivity index (χ0n) is 35.3. The SMILES string of the molecule is CC.Cn1c(=O)oc(=O)c2ccccc21.O=c1[nH]c2ccccc2c(=O)o1.O=c1[nH]c2ccccc2c(=O)o1.O=c1[nH]c2ccccc2c(=O)o1.[2H]CF.[2H]CF.[H-].[Na+].[Na+].[Na+]. The fraction of sp³-hybridized carbons (Fsp3) is 0.135. The zero-order valence-corrected chi connectivity index (χ0v) is 38.3. The molecule has 3 N–H and O–H groups in total. The van der Waals surface area contributed by atoms with Crippen molar-refractivity contribution in [3.63, 3.8) is 0 Å². The topological polar surface area (TPSA) is 241 Å². The van der Waals surface area contributed by atoms with Gasteiger partial charge in [0.2, 0.25) is 0 Å². The maximum absolute atomic E-state index is 11.2. The summed E-state index contributed by atoms with van der Waals surface area (Å²) in [6.45, 7) is 4.00. The second-order valence-electron chi connectivity index (χ2n) is 9.77. The van der Waals surface area contributed by atoms with E-state index in [1.165, 1.54) is 4.57 Å². The molecule has 0 aliphatic heterocycles. The van der Waals surface area contributed by atoms with Gasteiger partial charge in [0.15, 0.2) is 0 Å². The molecular weight excluding hydrogens is 799 g/mol. The minimum atomic E-state index is -1.00. The van der Waals surface area contributed by atoms with E-state index >= 15 is 0 Å². The molecule has 0 aliphatic carbocycles. The molecule has 0 radical (unpaired) electrons. The van der Waals surface area contributed by atoms with Crippen molar-refractivity contribution in [1.29, 1.82) is 0 Å². The van der Waals surface area contributed by atoms with Crippen LogP contribution in [0.1, 0.15) is 18.0 Å². The number of aromatic nitrogens is 4. The number of fused-ring (bicyclic) bond motifs is 4. The van der Waals surface area contributed by atoms with Crippen molar-refractivity contribution in [2.24, 2.45) is 7.05 Å². The number of nitrogens with zero attached hydrogens (tertiary/aromatic N) is 1. The number of alkyl halides is 2. The summed E-state index contributed by atoms with van der Waals surface area (Å²) >= 11 is 0. The van der Waals surface area contributed by atoms with Crippen molar-refractivity contribution in [3.05, 3.63) is 181 Å². The molecule has 0 atom stereocenters. The summed E-state index contributed by atoms with van der Waals surface area (Å²) in [7, 11) is -0.437. The number of nitrogens with one attached hydrogen (secondary N) is 3. The quantitative estimate of drug-likeness (QED) is 0.122. The number of aryl methyl sites for hydroxylation is 1. The van der Waals surface area contributed by atoms with E-state index in [-0.39, 0.29) is 90.1 Å². The van der Waals surface area contributed by atoms with Gasteiger partial charge in [0.05, 0.1) is 60.7 Å². The molecule has 0 saturated heterocycles. The van der Waals surface area contributed by atoms with E-state index < -0.39 is 59.8 Å². The third-order valence-corrected chi connectivity index (χ3v) is 6.65. The van der Waals surface area contributed by atoms with E-state index in [0.717, 1.165) is 0 Å². The smallest absolute Gasteiger partial charge is 1.00 e. The van der Waals surface area contributed by atoms with E-state index in [2.05, 4.69) is 32.6 Å². The second kappa shape index (κ2) is 28.8. The molecule has 0 aliphatic rings. The van der Waals surface area contributed by atoms with E-state index in [1.54, 1.807) is 104 Å². The Bertz CT molecular complexity index is 2790. The zero-order chi connectivity index (χ0) is 42.5. The average Bonchev–Trinajstić information content (AvgIpc) is 3.19. The molecule has 58 heavy (non-hydrogen) atoms. The van der Waals surface area contributed by atoms with E-state index in [9.17, 15) is 47.1 Å². The summed E-state index contributed by atoms with van der Waals surface area (Å²) in [5.41, 5.74) is -0.309. The summed E-state index contributed by atoms with van der Waals surface area (Å²) in [5.74, 6) is -2.81. The summed E-state index contributed by atoms with van der Waals surface area (Å²) in [4.78, 5) is 94.5. The Labute approximate surface area is 395 Å². The van der Waals surface area contributed by atoms with Crippen LogP contribution in [0, 0.1) is 0 Å². The minimum Gasteiger partial charge on any atom is -1.00 e. The fourth-order valence-corrected chi connectivity index (χ4v) is 4.37. The number of halogens is 2. The molecule has 0 unspecified atom stereocenters. The van der Waals surface area contributed by atoms with Crippen LogP contribution in [0.2, 0.25) is 0 Å². The number of H-pyrrole nitrogens is 3. The normalized spacial score (nSPS) is 9.53. The van der Waals surface area contributed by atoms with Gasteiger partial charge in [-0.2, -0.15) is 0 Å². The van der Waals surface area contributed by atoms with Crippen molar-refractivity contribution in [1.82, 2.24) is 19.5 Å². The van der Waals surface area contributed by atoms with Gasteiger partial charge in [-0.15, -0.1) is 0 Å². The molecule has 8 aromatic rings. The van der Waals surface area contributed by atoms with E-state index in [1.807, 2.05) is 13.8 Å². The largest absolute Gasteiger partial charge is 1.00 e. The number of benzene rings is 4. The molecule has 16 nitrogen and oxygen atoms in total. The van der Waals surface area contributed by atoms with Crippen molar-refractivity contribution in [3.8, 4) is 0 Å². The van der Waals surface area contributed by atoms with Gasteiger partial charge < -0.3 is 19.1 Å². The van der Waals surface area contributed by atoms with Gasteiger partial charge in [0.25, 0.3) is 0 Å². The molecule has 290 valence electrons. The Morgan fingerprint density at radius 3 is 1.07 bits per heavy atom. The number of hydrogen-bond donors (Lipinski definition) is 3. The molecular formula is C37H35F2N4Na3O12+2. The van der Waals surface area contributed by atoms with Crippen LogP contribution in [-0.2, 0) is 7.05 Å². The Morgan fingerprint density at radius 1 is 0.483 bits per heavy atom. The number of para-hydroxylation sites is 4. The molecule has 8 rings (SSSR count). The first-order valence-electron chi connectivity index (χ1n) is 16.9. The Kier molecular flexibility index (Phi) is 25.6. The molecule has 4 aromatic heterocycles. The predicted octanol–water partition coefficient (Wildman–Crippen LogP) is -4.74. The summed E-state index contributed by atoms with van der Waals surface area (Å²) in [6.07, 6.45) is 0. The first kappa shape index (κ1) is 51.5. The molecule has 0 bridgehead atoms. The molecule has 0 saturated carbocycles. The van der Waals surface area contributed by atoms with Crippen LogP contribution in [0.15, 0.2) is 153 Å². The molecule has 21 heteroatoms. The molecule has 0 spiro atoms. The van der Waals surface area contributed by atoms with Crippen molar-refractivity contribution < 1.29 is 119 Å². The van der Waals surface area contributed by atoms with Gasteiger partial charge in [-0.3, -0.25) is 28.3 Å². The molecule has 0 amide bonds. The van der Waals surface area contributed by atoms with Crippen LogP contribution >= 0.6 is 0 Å². The van der Waals surface area contributed by atoms with Crippen molar-refractivity contribution in [2.75, 3.05) is 14.3 Å². The van der Waals surface area contributed by atoms with E-state index in [0.29, 0.717) is 43.6 Å². The number of hydrogen-bond acceptors (Lipinski definition) is 12. The van der Waals surface area contributed by atoms with Crippen LogP contribution in [0.25, 0.3) is 43.6 Å². The Balaban J connectivity index is -0.000000681. The average molecular weight is 837 g/mol. The summed E-state index contributed by atoms with van der Waals surface area (Å²) in [6, 6.07) is 26.9. The standard InChI is InChI=1S/C9H7NO3.3C8H5NO3.C2H6.2CH3F.3Na.H/c1-10-7-5-3-2-4-6(7)8(11)13-9(10)12;3*10-7-5-3-1-2-4-6(5)9-8(11)12-7;3*1-2;;;;/h2-5H,1H3;3*1-4H,(H,9,11);1-2H3;2*1H3;;;;/q;;;;;;;3*+1;-1/i;;;;;2*1D;;;;. The van der Waals surface area contributed by atoms with Crippen LogP contribution in [-0.4, -0.2) is 33.8 Å². The van der Waals surface area contributed by atoms with Gasteiger partial charge >= 0.3 is 134 Å². The first-order valence-corrected chi connectivity index (χ1v) is 15.5. The fourth-order valence-electron chi connectivity index (χ4n) is 4.37. The van der Waals surface area contributed by atoms with Gasteiger partial charge in [0.1, 0.15) is 0 Å². The first-order chi connectivity index (χ1) is 27.3. The van der Waals surface area contributed by atoms with Gasteiger partial charge in [0, 0.05) is 7.05 Å². The molecule has 4 heterocycles. The Hall–Kier alpha value is -4.50. The summed E-state index contributed by atoms with van der Waals surface area (Å²) < 4.78 is 49.7. The van der Waals surface area contributed by atoms with Crippen molar-refractivity contribution >= 4 is 43.6 Å². The van der Waals surface area contributed by atoms with Crippen LogP contribution in [0.3, 0.4) is 0 Å². The maximum Gasteiger partial charge on any atom is 1.00 e. The van der Waals surface area contributed by atoms with Crippen LogP contribution in [0.5, 0.6) is 0 Å². The third-order valence-electron chi connectivity index (χ3n) is 6.65.